The van der Waals surface area contributed by atoms with Crippen LogP contribution in [0.25, 0.3) is 0 Å². The van der Waals surface area contributed by atoms with Gasteiger partial charge < -0.3 is 9.84 Å². The maximum Gasteiger partial charge on any atom is 0.416 e. The van der Waals surface area contributed by atoms with Crippen LogP contribution < -0.4 is 4.74 Å². The van der Waals surface area contributed by atoms with Crippen molar-refractivity contribution >= 4 is 0 Å². The highest BCUT2D eigenvalue weighted by molar-refractivity contribution is 5.37. The van der Waals surface area contributed by atoms with Crippen LogP contribution in [-0.4, -0.2) is 5.11 Å². The molecule has 106 valence electrons. The topological polar surface area (TPSA) is 29.5 Å². The summed E-state index contributed by atoms with van der Waals surface area (Å²) in [5.41, 5.74) is 0.502. The van der Waals surface area contributed by atoms with E-state index in [1.807, 2.05) is 19.1 Å². The fourth-order valence-corrected chi connectivity index (χ4v) is 1.66. The molecule has 0 aliphatic carbocycles. The molecule has 0 fully saturated rings. The van der Waals surface area contributed by atoms with Crippen molar-refractivity contribution in [3.8, 4) is 11.5 Å². The molecule has 0 amide bonds. The average Bonchev–Trinajstić information content (AvgIpc) is 2.38. The van der Waals surface area contributed by atoms with Gasteiger partial charge in [-0.2, -0.15) is 13.2 Å². The summed E-state index contributed by atoms with van der Waals surface area (Å²) in [6, 6.07) is 10.1. The van der Waals surface area contributed by atoms with E-state index in [-0.39, 0.29) is 6.61 Å². The van der Waals surface area contributed by atoms with Crippen molar-refractivity contribution in [2.75, 3.05) is 0 Å². The summed E-state index contributed by atoms with van der Waals surface area (Å²) in [6.45, 7) is 1.94. The highest BCUT2D eigenvalue weighted by atomic mass is 19.4. The van der Waals surface area contributed by atoms with Gasteiger partial charge in [-0.1, -0.05) is 23.8 Å². The zero-order valence-electron chi connectivity index (χ0n) is 10.7. The molecule has 0 aliphatic heterocycles. The van der Waals surface area contributed by atoms with Crippen molar-refractivity contribution in [2.24, 2.45) is 0 Å². The van der Waals surface area contributed by atoms with E-state index in [9.17, 15) is 18.3 Å². The van der Waals surface area contributed by atoms with Crippen LogP contribution >= 0.6 is 0 Å². The van der Waals surface area contributed by atoms with Gasteiger partial charge in [-0.15, -0.1) is 0 Å². The van der Waals surface area contributed by atoms with Gasteiger partial charge in [0.2, 0.25) is 0 Å². The molecule has 0 spiro atoms. The predicted octanol–water partition coefficient (Wildman–Crippen LogP) is 4.30. The minimum Gasteiger partial charge on any atom is -0.508 e. The van der Waals surface area contributed by atoms with Crippen molar-refractivity contribution in [2.45, 2.75) is 19.7 Å². The zero-order valence-corrected chi connectivity index (χ0v) is 10.7. The summed E-state index contributed by atoms with van der Waals surface area (Å²) in [5, 5.41) is 9.60. The Morgan fingerprint density at radius 1 is 1.05 bits per heavy atom. The molecule has 0 saturated carbocycles. The first-order chi connectivity index (χ1) is 9.36. The third-order valence-electron chi connectivity index (χ3n) is 2.83. The maximum atomic E-state index is 12.4. The molecular formula is C15H13F3O2. The molecular weight excluding hydrogens is 269 g/mol. The first-order valence-corrected chi connectivity index (χ1v) is 5.95. The molecule has 0 aromatic heterocycles. The molecule has 0 saturated heterocycles. The van der Waals surface area contributed by atoms with Gasteiger partial charge in [0.1, 0.15) is 18.1 Å². The Morgan fingerprint density at radius 3 is 2.25 bits per heavy atom. The van der Waals surface area contributed by atoms with E-state index in [0.29, 0.717) is 17.4 Å². The van der Waals surface area contributed by atoms with E-state index in [4.69, 9.17) is 4.74 Å². The van der Waals surface area contributed by atoms with Gasteiger partial charge in [0.25, 0.3) is 0 Å². The van der Waals surface area contributed by atoms with Gasteiger partial charge in [-0.3, -0.25) is 0 Å². The second-order valence-electron chi connectivity index (χ2n) is 4.44. The summed E-state index contributed by atoms with van der Waals surface area (Å²) in [7, 11) is 0. The minimum atomic E-state index is -4.46. The number of halogens is 3. The van der Waals surface area contributed by atoms with Gasteiger partial charge in [-0.25, -0.2) is 0 Å². The average molecular weight is 282 g/mol. The first-order valence-electron chi connectivity index (χ1n) is 5.95. The summed E-state index contributed by atoms with van der Waals surface area (Å²) in [6.07, 6.45) is -4.46. The van der Waals surface area contributed by atoms with Crippen LogP contribution in [0.4, 0.5) is 13.2 Å². The molecule has 2 aromatic rings. The molecule has 0 atom stereocenters. The molecule has 0 radical (unpaired) electrons. The molecule has 0 unspecified atom stereocenters. The standard InChI is InChI=1S/C15H13F3O2/c1-10-2-6-13(7-3-10)20-9-11-4-5-12(8-14(11)19)15(16,17)18/h2-8,19H,9H2,1H3. The van der Waals surface area contributed by atoms with Gasteiger partial charge in [-0.05, 0) is 31.2 Å². The molecule has 2 rings (SSSR count). The predicted molar refractivity (Wildman–Crippen MR) is 68.6 cm³/mol. The first kappa shape index (κ1) is 14.2. The number of aromatic hydroxyl groups is 1. The van der Waals surface area contributed by atoms with E-state index < -0.39 is 17.5 Å². The third kappa shape index (κ3) is 3.44. The second kappa shape index (κ2) is 5.45. The number of rotatable bonds is 3. The highest BCUT2D eigenvalue weighted by Gasteiger charge is 2.31. The normalized spacial score (nSPS) is 11.4. The number of alkyl halides is 3. The summed E-state index contributed by atoms with van der Waals surface area (Å²) >= 11 is 0. The lowest BCUT2D eigenvalue weighted by Gasteiger charge is -2.11. The van der Waals surface area contributed by atoms with Gasteiger partial charge >= 0.3 is 6.18 Å². The number of hydrogen-bond donors (Lipinski definition) is 1. The van der Waals surface area contributed by atoms with Crippen LogP contribution in [0, 0.1) is 6.92 Å². The van der Waals surface area contributed by atoms with Crippen LogP contribution in [0.15, 0.2) is 42.5 Å². The SMILES string of the molecule is Cc1ccc(OCc2ccc(C(F)(F)F)cc2O)cc1. The van der Waals surface area contributed by atoms with Crippen molar-refractivity contribution in [1.82, 2.24) is 0 Å². The Bertz CT molecular complexity index is 589. The van der Waals surface area contributed by atoms with E-state index in [1.165, 1.54) is 6.07 Å². The number of benzene rings is 2. The highest BCUT2D eigenvalue weighted by Crippen LogP contribution is 2.32. The lowest BCUT2D eigenvalue weighted by atomic mass is 10.1. The summed E-state index contributed by atoms with van der Waals surface area (Å²) in [4.78, 5) is 0. The quantitative estimate of drug-likeness (QED) is 0.909. The monoisotopic (exact) mass is 282 g/mol. The van der Waals surface area contributed by atoms with Crippen LogP contribution in [0.3, 0.4) is 0 Å². The van der Waals surface area contributed by atoms with Crippen LogP contribution in [-0.2, 0) is 12.8 Å². The molecule has 5 heteroatoms. The Hall–Kier alpha value is -2.17. The Balaban J connectivity index is 2.08. The van der Waals surface area contributed by atoms with E-state index in [1.54, 1.807) is 12.1 Å². The number of ether oxygens (including phenoxy) is 1. The van der Waals surface area contributed by atoms with Crippen molar-refractivity contribution in [3.05, 3.63) is 59.2 Å². The molecule has 20 heavy (non-hydrogen) atoms. The maximum absolute atomic E-state index is 12.4. The lowest BCUT2D eigenvalue weighted by molar-refractivity contribution is -0.137. The van der Waals surface area contributed by atoms with Crippen molar-refractivity contribution in [3.63, 3.8) is 0 Å². The molecule has 2 nitrogen and oxygen atoms in total. The minimum absolute atomic E-state index is 0.00698. The van der Waals surface area contributed by atoms with Gasteiger partial charge in [0, 0.05) is 5.56 Å². The molecule has 0 bridgehead atoms. The number of phenolic OH excluding ortho intramolecular Hbond substituents is 1. The molecule has 0 aliphatic rings. The fourth-order valence-electron chi connectivity index (χ4n) is 1.66. The van der Waals surface area contributed by atoms with Gasteiger partial charge in [0.05, 0.1) is 5.56 Å². The zero-order chi connectivity index (χ0) is 14.8. The van der Waals surface area contributed by atoms with Gasteiger partial charge in [0.15, 0.2) is 0 Å². The Labute approximate surface area is 114 Å². The largest absolute Gasteiger partial charge is 0.508 e. The van der Waals surface area contributed by atoms with E-state index in [0.717, 1.165) is 11.6 Å². The lowest BCUT2D eigenvalue weighted by Crippen LogP contribution is -2.05. The second-order valence-corrected chi connectivity index (χ2v) is 4.44. The van der Waals surface area contributed by atoms with Crippen LogP contribution in [0.1, 0.15) is 16.7 Å². The molecule has 2 aromatic carbocycles. The number of aryl methyl sites for hydroxylation is 1. The van der Waals surface area contributed by atoms with Crippen molar-refractivity contribution in [1.29, 1.82) is 0 Å². The molecule has 0 heterocycles. The third-order valence-corrected chi connectivity index (χ3v) is 2.83. The van der Waals surface area contributed by atoms with Crippen LogP contribution in [0.5, 0.6) is 11.5 Å². The van der Waals surface area contributed by atoms with Crippen LogP contribution in [0.2, 0.25) is 0 Å². The van der Waals surface area contributed by atoms with E-state index >= 15 is 0 Å². The van der Waals surface area contributed by atoms with E-state index in [2.05, 4.69) is 0 Å². The smallest absolute Gasteiger partial charge is 0.416 e. The number of phenols is 1. The molecule has 1 N–H and O–H groups in total. The Kier molecular flexibility index (Phi) is 3.88. The number of hydrogen-bond acceptors (Lipinski definition) is 2. The summed E-state index contributed by atoms with van der Waals surface area (Å²) < 4.78 is 42.7. The fraction of sp³-hybridized carbons (Fsp3) is 0.200. The van der Waals surface area contributed by atoms with Crippen molar-refractivity contribution < 1.29 is 23.0 Å². The summed E-state index contributed by atoms with van der Waals surface area (Å²) in [5.74, 6) is 0.168. The Morgan fingerprint density at radius 2 is 1.70 bits per heavy atom.